The Morgan fingerprint density at radius 2 is 1.73 bits per heavy atom. The first-order chi connectivity index (χ1) is 26.6. The number of ether oxygens (including phenoxy) is 2. The van der Waals surface area contributed by atoms with E-state index in [9.17, 15) is 19.2 Å². The summed E-state index contributed by atoms with van der Waals surface area (Å²) >= 11 is 1.73. The Bertz CT molecular complexity index is 1910. The molecule has 296 valence electrons. The van der Waals surface area contributed by atoms with Crippen LogP contribution in [0.4, 0.5) is 14.5 Å². The monoisotopic (exact) mass is 784 g/mol. The Balaban J connectivity index is 0.00000166. The summed E-state index contributed by atoms with van der Waals surface area (Å²) in [5.74, 6) is -1.18. The SMILES string of the molecule is O=C1CCC(NC(=O)c2ccc(N3CCC(N4CCC(COc5cc(F)c6c(=O)[nH]c(CSC7CCOCC7)nc6c5)CC4)CC3)cc2F)C(=O)N1.O=CO. The molecule has 3 amide bonds. The third-order valence-electron chi connectivity index (χ3n) is 10.6. The maximum atomic E-state index is 15.1. The highest BCUT2D eigenvalue weighted by Gasteiger charge is 2.31. The molecule has 1 aromatic heterocycles. The summed E-state index contributed by atoms with van der Waals surface area (Å²) < 4.78 is 41.6. The molecule has 0 aliphatic carbocycles. The third kappa shape index (κ3) is 10.4. The van der Waals surface area contributed by atoms with E-state index in [0.717, 1.165) is 77.9 Å². The number of H-pyrrole nitrogens is 1. The Labute approximate surface area is 320 Å². The van der Waals surface area contributed by atoms with Gasteiger partial charge in [-0.25, -0.2) is 13.8 Å². The van der Waals surface area contributed by atoms with Gasteiger partial charge in [-0.15, -0.1) is 0 Å². The van der Waals surface area contributed by atoms with Gasteiger partial charge in [-0.05, 0) is 82.2 Å². The third-order valence-corrected chi connectivity index (χ3v) is 12.0. The van der Waals surface area contributed by atoms with Crippen LogP contribution in [0.15, 0.2) is 35.1 Å². The number of benzene rings is 2. The smallest absolute Gasteiger partial charge is 0.290 e. The molecule has 4 saturated heterocycles. The van der Waals surface area contributed by atoms with Gasteiger partial charge in [0.05, 0.1) is 23.4 Å². The van der Waals surface area contributed by atoms with Gasteiger partial charge in [0.25, 0.3) is 17.9 Å². The molecular formula is C38H46F2N6O8S. The first kappa shape index (κ1) is 40.1. The normalized spacial score (nSPS) is 20.4. The van der Waals surface area contributed by atoms with E-state index in [-0.39, 0.29) is 36.2 Å². The van der Waals surface area contributed by atoms with Gasteiger partial charge in [0, 0.05) is 61.8 Å². The van der Waals surface area contributed by atoms with Gasteiger partial charge in [0.15, 0.2) is 0 Å². The predicted molar refractivity (Wildman–Crippen MR) is 201 cm³/mol. The van der Waals surface area contributed by atoms with Crippen LogP contribution in [0.5, 0.6) is 5.75 Å². The Morgan fingerprint density at radius 1 is 1.00 bits per heavy atom. The fraction of sp³-hybridized carbons (Fsp3) is 0.526. The number of hydrogen-bond acceptors (Lipinski definition) is 11. The minimum absolute atomic E-state index is 0.0527. The fourth-order valence-corrected chi connectivity index (χ4v) is 8.64. The Hall–Kier alpha value is -4.61. The van der Waals surface area contributed by atoms with Crippen LogP contribution in [-0.4, -0.2) is 108 Å². The number of aromatic amines is 1. The fourth-order valence-electron chi connectivity index (χ4n) is 7.58. The first-order valence-electron chi connectivity index (χ1n) is 18.7. The van der Waals surface area contributed by atoms with Crippen molar-refractivity contribution in [2.75, 3.05) is 50.9 Å². The Morgan fingerprint density at radius 3 is 2.42 bits per heavy atom. The zero-order chi connectivity index (χ0) is 38.9. The van der Waals surface area contributed by atoms with E-state index in [2.05, 4.69) is 30.4 Å². The molecule has 14 nitrogen and oxygen atoms in total. The molecule has 55 heavy (non-hydrogen) atoms. The number of carboxylic acid groups (broad SMARTS) is 1. The molecular weight excluding hydrogens is 739 g/mol. The van der Waals surface area contributed by atoms with Crippen molar-refractivity contribution in [2.24, 2.45) is 5.92 Å². The van der Waals surface area contributed by atoms with Gasteiger partial charge in [-0.3, -0.25) is 29.3 Å². The lowest BCUT2D eigenvalue weighted by Gasteiger charge is -2.42. The topological polar surface area (TPSA) is 183 Å². The van der Waals surface area contributed by atoms with E-state index in [4.69, 9.17) is 19.4 Å². The highest BCUT2D eigenvalue weighted by molar-refractivity contribution is 7.99. The summed E-state index contributed by atoms with van der Waals surface area (Å²) in [6, 6.07) is 7.02. The van der Waals surface area contributed by atoms with Gasteiger partial charge in [-0.1, -0.05) is 0 Å². The molecule has 5 heterocycles. The number of nitrogens with one attached hydrogen (secondary N) is 3. The van der Waals surface area contributed by atoms with Crippen molar-refractivity contribution < 1.29 is 42.5 Å². The number of anilines is 1. The largest absolute Gasteiger partial charge is 0.493 e. The molecule has 1 atom stereocenters. The number of halogens is 2. The summed E-state index contributed by atoms with van der Waals surface area (Å²) in [5.41, 5.74) is 0.390. The van der Waals surface area contributed by atoms with E-state index in [1.807, 2.05) is 0 Å². The number of hydrogen-bond donors (Lipinski definition) is 4. The Kier molecular flexibility index (Phi) is 13.7. The number of rotatable bonds is 10. The van der Waals surface area contributed by atoms with Crippen molar-refractivity contribution in [3.63, 3.8) is 0 Å². The molecule has 2 aromatic carbocycles. The summed E-state index contributed by atoms with van der Waals surface area (Å²) in [4.78, 5) is 69.0. The van der Waals surface area contributed by atoms with Crippen LogP contribution in [0, 0.1) is 17.6 Å². The van der Waals surface area contributed by atoms with Crippen LogP contribution in [0.2, 0.25) is 0 Å². The number of piperidine rings is 3. The molecule has 3 aromatic rings. The van der Waals surface area contributed by atoms with Crippen molar-refractivity contribution in [3.8, 4) is 5.75 Å². The highest BCUT2D eigenvalue weighted by Crippen LogP contribution is 2.30. The van der Waals surface area contributed by atoms with Crippen LogP contribution in [0.25, 0.3) is 10.9 Å². The zero-order valence-corrected chi connectivity index (χ0v) is 31.2. The van der Waals surface area contributed by atoms with Gasteiger partial charge >= 0.3 is 0 Å². The molecule has 4 aliphatic heterocycles. The van der Waals surface area contributed by atoms with E-state index in [0.29, 0.717) is 52.3 Å². The maximum Gasteiger partial charge on any atom is 0.290 e. The number of imide groups is 1. The summed E-state index contributed by atoms with van der Waals surface area (Å²) in [7, 11) is 0. The summed E-state index contributed by atoms with van der Waals surface area (Å²) in [6.07, 6.45) is 6.00. The highest BCUT2D eigenvalue weighted by atomic mass is 32.2. The van der Waals surface area contributed by atoms with Gasteiger partial charge in [0.2, 0.25) is 11.8 Å². The number of aromatic nitrogens is 2. The molecule has 4 N–H and O–H groups in total. The minimum atomic E-state index is -0.869. The van der Waals surface area contributed by atoms with Crippen LogP contribution >= 0.6 is 11.8 Å². The molecule has 4 aliphatic rings. The zero-order valence-electron chi connectivity index (χ0n) is 30.4. The number of fused-ring (bicyclic) bond motifs is 1. The minimum Gasteiger partial charge on any atom is -0.493 e. The number of likely N-dealkylation sites (tertiary alicyclic amines) is 1. The number of carbonyl (C=O) groups excluding carboxylic acids is 3. The standard InChI is InChI=1S/C37H44F2N6O6S.CH2O2/c38-28-17-24(1-2-27(28)35(47)41-30-3-4-33(46)43-36(30)48)45-13-7-23(8-14-45)44-11-5-22(6-12-44)20-51-25-18-29(39)34-31(19-25)40-32(42-37(34)49)21-52-26-9-15-50-16-10-26;2-1-3/h1-2,17-19,22-23,26,30H,3-16,20-21H2,(H,41,47)(H,40,42,49)(H,43,46,48);1H,(H,2,3). The summed E-state index contributed by atoms with van der Waals surface area (Å²) in [6.45, 7) is 5.08. The summed E-state index contributed by atoms with van der Waals surface area (Å²) in [5, 5.41) is 12.0. The molecule has 0 radical (unpaired) electrons. The van der Waals surface area contributed by atoms with Crippen LogP contribution < -0.4 is 25.8 Å². The number of amides is 3. The van der Waals surface area contributed by atoms with Crippen LogP contribution in [-0.2, 0) is 24.9 Å². The molecule has 4 fully saturated rings. The van der Waals surface area contributed by atoms with E-state index in [1.165, 1.54) is 18.2 Å². The van der Waals surface area contributed by atoms with Crippen molar-refractivity contribution in [2.45, 2.75) is 74.5 Å². The van der Waals surface area contributed by atoms with E-state index in [1.54, 1.807) is 23.9 Å². The van der Waals surface area contributed by atoms with Crippen molar-refractivity contribution in [1.29, 1.82) is 0 Å². The van der Waals surface area contributed by atoms with Gasteiger partial charge in [0.1, 0.15) is 34.6 Å². The lowest BCUT2D eigenvalue weighted by molar-refractivity contribution is -0.134. The lowest BCUT2D eigenvalue weighted by atomic mass is 9.94. The molecule has 7 rings (SSSR count). The van der Waals surface area contributed by atoms with E-state index >= 15 is 8.78 Å². The average molecular weight is 785 g/mol. The molecule has 0 bridgehead atoms. The lowest BCUT2D eigenvalue weighted by Crippen LogP contribution is -2.52. The first-order valence-corrected chi connectivity index (χ1v) is 19.7. The van der Waals surface area contributed by atoms with Crippen LogP contribution in [0.1, 0.15) is 67.5 Å². The second kappa shape index (κ2) is 18.8. The second-order valence-corrected chi connectivity index (χ2v) is 15.5. The molecule has 0 spiro atoms. The number of thioether (sulfide) groups is 1. The van der Waals surface area contributed by atoms with Crippen molar-refractivity contribution >= 4 is 52.5 Å². The maximum absolute atomic E-state index is 15.1. The molecule has 0 saturated carbocycles. The van der Waals surface area contributed by atoms with Crippen molar-refractivity contribution in [3.05, 3.63) is 63.7 Å². The van der Waals surface area contributed by atoms with Gasteiger partial charge < -0.3 is 34.7 Å². The second-order valence-electron chi connectivity index (χ2n) is 14.2. The van der Waals surface area contributed by atoms with Crippen LogP contribution in [0.3, 0.4) is 0 Å². The molecule has 1 unspecified atom stereocenters. The van der Waals surface area contributed by atoms with Gasteiger partial charge in [-0.2, -0.15) is 11.8 Å². The van der Waals surface area contributed by atoms with E-state index < -0.39 is 35.0 Å². The van der Waals surface area contributed by atoms with Crippen molar-refractivity contribution in [1.82, 2.24) is 25.5 Å². The quantitative estimate of drug-likeness (QED) is 0.173. The number of carbonyl (C=O) groups is 4. The average Bonchev–Trinajstić information content (AvgIpc) is 3.18. The molecule has 17 heteroatoms. The number of nitrogens with zero attached hydrogens (tertiary/aromatic N) is 3. The predicted octanol–water partition coefficient (Wildman–Crippen LogP) is 3.61.